The molecule has 0 unspecified atom stereocenters. The summed E-state index contributed by atoms with van der Waals surface area (Å²) in [6.07, 6.45) is 4.85. The van der Waals surface area contributed by atoms with Crippen molar-refractivity contribution in [1.82, 2.24) is 5.16 Å². The van der Waals surface area contributed by atoms with Gasteiger partial charge in [0.15, 0.2) is 11.5 Å². The predicted molar refractivity (Wildman–Crippen MR) is 79.3 cm³/mol. The standard InChI is InChI=1S/C17H19NO3/c1-11-6-8-12(9-7-11)13-4-2-3-5-14(13)16-10-15(17(19)20)18-21-16/h2-5,10-12H,6-9H2,1H3,(H,19,20). The van der Waals surface area contributed by atoms with Crippen LogP contribution in [0.3, 0.4) is 0 Å². The van der Waals surface area contributed by atoms with Gasteiger partial charge < -0.3 is 9.63 Å². The monoisotopic (exact) mass is 285 g/mol. The summed E-state index contributed by atoms with van der Waals surface area (Å²) in [4.78, 5) is 10.9. The summed E-state index contributed by atoms with van der Waals surface area (Å²) < 4.78 is 5.23. The molecule has 1 fully saturated rings. The van der Waals surface area contributed by atoms with Gasteiger partial charge in [0.2, 0.25) is 0 Å². The van der Waals surface area contributed by atoms with Crippen LogP contribution < -0.4 is 0 Å². The summed E-state index contributed by atoms with van der Waals surface area (Å²) in [7, 11) is 0. The van der Waals surface area contributed by atoms with E-state index >= 15 is 0 Å². The summed E-state index contributed by atoms with van der Waals surface area (Å²) >= 11 is 0. The molecule has 21 heavy (non-hydrogen) atoms. The zero-order chi connectivity index (χ0) is 14.8. The highest BCUT2D eigenvalue weighted by Gasteiger charge is 2.23. The van der Waals surface area contributed by atoms with Crippen molar-refractivity contribution < 1.29 is 14.4 Å². The van der Waals surface area contributed by atoms with Crippen molar-refractivity contribution in [3.8, 4) is 11.3 Å². The molecule has 0 amide bonds. The molecule has 2 aromatic rings. The Kier molecular flexibility index (Phi) is 3.78. The quantitative estimate of drug-likeness (QED) is 0.911. The molecular formula is C17H19NO3. The lowest BCUT2D eigenvalue weighted by Crippen LogP contribution is -2.11. The molecule has 1 N–H and O–H groups in total. The second kappa shape index (κ2) is 5.72. The number of carboxylic acids is 1. The van der Waals surface area contributed by atoms with Gasteiger partial charge in [-0.3, -0.25) is 0 Å². The minimum Gasteiger partial charge on any atom is -0.476 e. The summed E-state index contributed by atoms with van der Waals surface area (Å²) in [6, 6.07) is 9.60. The Hall–Kier alpha value is -2.10. The third-order valence-electron chi connectivity index (χ3n) is 4.41. The maximum atomic E-state index is 10.9. The van der Waals surface area contributed by atoms with Crippen LogP contribution in [0.4, 0.5) is 0 Å². The minimum atomic E-state index is -1.06. The van der Waals surface area contributed by atoms with E-state index in [2.05, 4.69) is 18.1 Å². The molecule has 1 aromatic carbocycles. The zero-order valence-electron chi connectivity index (χ0n) is 12.1. The van der Waals surface area contributed by atoms with Gasteiger partial charge in [-0.05, 0) is 30.2 Å². The largest absolute Gasteiger partial charge is 0.476 e. The van der Waals surface area contributed by atoms with Crippen LogP contribution in [0.1, 0.15) is 54.6 Å². The van der Waals surface area contributed by atoms with E-state index in [4.69, 9.17) is 9.63 Å². The molecule has 0 atom stereocenters. The summed E-state index contributed by atoms with van der Waals surface area (Å²) in [5.41, 5.74) is 2.17. The fourth-order valence-corrected chi connectivity index (χ4v) is 3.15. The second-order valence-electron chi connectivity index (χ2n) is 5.93. The van der Waals surface area contributed by atoms with Crippen LogP contribution in [0, 0.1) is 5.92 Å². The van der Waals surface area contributed by atoms with Crippen LogP contribution in [-0.2, 0) is 0 Å². The molecule has 4 nitrogen and oxygen atoms in total. The Bertz CT molecular complexity index is 639. The van der Waals surface area contributed by atoms with Gasteiger partial charge in [0, 0.05) is 11.6 Å². The van der Waals surface area contributed by atoms with Crippen LogP contribution in [0.15, 0.2) is 34.9 Å². The van der Waals surface area contributed by atoms with E-state index in [1.807, 2.05) is 18.2 Å². The number of hydrogen-bond donors (Lipinski definition) is 1. The highest BCUT2D eigenvalue weighted by Crippen LogP contribution is 2.39. The molecule has 110 valence electrons. The second-order valence-corrected chi connectivity index (χ2v) is 5.93. The maximum Gasteiger partial charge on any atom is 0.358 e. The van der Waals surface area contributed by atoms with Crippen molar-refractivity contribution >= 4 is 5.97 Å². The van der Waals surface area contributed by atoms with Crippen molar-refractivity contribution in [3.05, 3.63) is 41.6 Å². The van der Waals surface area contributed by atoms with Crippen molar-refractivity contribution in [2.24, 2.45) is 5.92 Å². The summed E-state index contributed by atoms with van der Waals surface area (Å²) in [6.45, 7) is 2.30. The molecule has 0 aliphatic heterocycles. The summed E-state index contributed by atoms with van der Waals surface area (Å²) in [5.74, 6) is 0.809. The average molecular weight is 285 g/mol. The van der Waals surface area contributed by atoms with E-state index in [0.29, 0.717) is 11.7 Å². The molecular weight excluding hydrogens is 266 g/mol. The third kappa shape index (κ3) is 2.84. The summed E-state index contributed by atoms with van der Waals surface area (Å²) in [5, 5.41) is 12.6. The Morgan fingerprint density at radius 2 is 1.95 bits per heavy atom. The normalized spacial score (nSPS) is 22.1. The van der Waals surface area contributed by atoms with E-state index in [1.54, 1.807) is 0 Å². The first kappa shape index (κ1) is 13.9. The Morgan fingerprint density at radius 1 is 1.24 bits per heavy atom. The molecule has 1 aliphatic rings. The predicted octanol–water partition coefficient (Wildman–Crippen LogP) is 4.33. The lowest BCUT2D eigenvalue weighted by atomic mass is 9.78. The van der Waals surface area contributed by atoms with Crippen molar-refractivity contribution in [2.45, 2.75) is 38.5 Å². The number of nitrogens with zero attached hydrogens (tertiary/aromatic N) is 1. The molecule has 1 aliphatic carbocycles. The van der Waals surface area contributed by atoms with Gasteiger partial charge in [0.1, 0.15) is 0 Å². The number of rotatable bonds is 3. The fourth-order valence-electron chi connectivity index (χ4n) is 3.15. The molecule has 4 heteroatoms. The Balaban J connectivity index is 1.93. The highest BCUT2D eigenvalue weighted by molar-refractivity contribution is 5.86. The van der Waals surface area contributed by atoms with E-state index in [9.17, 15) is 4.79 Å². The molecule has 0 spiro atoms. The molecule has 3 rings (SSSR count). The first-order valence-electron chi connectivity index (χ1n) is 7.44. The smallest absolute Gasteiger partial charge is 0.358 e. The van der Waals surface area contributed by atoms with Crippen LogP contribution >= 0.6 is 0 Å². The fraction of sp³-hybridized carbons (Fsp3) is 0.412. The Morgan fingerprint density at radius 3 is 2.62 bits per heavy atom. The van der Waals surface area contributed by atoms with Crippen LogP contribution in [0.25, 0.3) is 11.3 Å². The van der Waals surface area contributed by atoms with Gasteiger partial charge in [-0.2, -0.15) is 0 Å². The minimum absolute atomic E-state index is 0.0444. The number of benzene rings is 1. The van der Waals surface area contributed by atoms with Gasteiger partial charge in [-0.15, -0.1) is 0 Å². The topological polar surface area (TPSA) is 63.3 Å². The Labute approximate surface area is 123 Å². The SMILES string of the molecule is CC1CCC(c2ccccc2-c2cc(C(=O)O)no2)CC1. The van der Waals surface area contributed by atoms with Crippen molar-refractivity contribution in [2.75, 3.05) is 0 Å². The molecule has 1 saturated carbocycles. The first-order valence-corrected chi connectivity index (χ1v) is 7.44. The third-order valence-corrected chi connectivity index (χ3v) is 4.41. The van der Waals surface area contributed by atoms with Gasteiger partial charge >= 0.3 is 5.97 Å². The molecule has 0 radical (unpaired) electrons. The van der Waals surface area contributed by atoms with E-state index < -0.39 is 5.97 Å². The van der Waals surface area contributed by atoms with Crippen molar-refractivity contribution in [3.63, 3.8) is 0 Å². The molecule has 0 bridgehead atoms. The maximum absolute atomic E-state index is 10.9. The van der Waals surface area contributed by atoms with Crippen LogP contribution in [0.5, 0.6) is 0 Å². The number of hydrogen-bond acceptors (Lipinski definition) is 3. The first-order chi connectivity index (χ1) is 10.1. The number of aromatic nitrogens is 1. The van der Waals surface area contributed by atoms with Gasteiger partial charge in [-0.1, -0.05) is 49.2 Å². The van der Waals surface area contributed by atoms with E-state index in [-0.39, 0.29) is 5.69 Å². The van der Waals surface area contributed by atoms with Crippen LogP contribution in [-0.4, -0.2) is 16.2 Å². The molecule has 1 aromatic heterocycles. The van der Waals surface area contributed by atoms with Crippen molar-refractivity contribution in [1.29, 1.82) is 0 Å². The number of carbonyl (C=O) groups is 1. The number of carboxylic acid groups (broad SMARTS) is 1. The molecule has 0 saturated heterocycles. The van der Waals surface area contributed by atoms with Gasteiger partial charge in [0.05, 0.1) is 0 Å². The van der Waals surface area contributed by atoms with Gasteiger partial charge in [-0.25, -0.2) is 4.79 Å². The number of aromatic carboxylic acids is 1. The van der Waals surface area contributed by atoms with Gasteiger partial charge in [0.25, 0.3) is 0 Å². The highest BCUT2D eigenvalue weighted by atomic mass is 16.5. The van der Waals surface area contributed by atoms with E-state index in [0.717, 1.165) is 11.5 Å². The molecule has 1 heterocycles. The average Bonchev–Trinajstić information content (AvgIpc) is 2.98. The van der Waals surface area contributed by atoms with E-state index in [1.165, 1.54) is 37.3 Å². The lowest BCUT2D eigenvalue weighted by Gasteiger charge is -2.27. The zero-order valence-corrected chi connectivity index (χ0v) is 12.1. The lowest BCUT2D eigenvalue weighted by molar-refractivity contribution is 0.0686. The van der Waals surface area contributed by atoms with Crippen LogP contribution in [0.2, 0.25) is 0 Å².